The fraction of sp³-hybridized carbons (Fsp3) is 0.667. The molecular weight excluding hydrogens is 230 g/mol. The number of nitrogens with two attached hydrogens (primary N) is 1. The van der Waals surface area contributed by atoms with Gasteiger partial charge in [0.25, 0.3) is 0 Å². The Balaban J connectivity index is 3.20. The van der Waals surface area contributed by atoms with E-state index in [0.717, 1.165) is 0 Å². The monoisotopic (exact) mass is 247 g/mol. The smallest absolute Gasteiger partial charge is 0.248 e. The molecule has 0 spiro atoms. The summed E-state index contributed by atoms with van der Waals surface area (Å²) in [6, 6.07) is 0. The van der Waals surface area contributed by atoms with Gasteiger partial charge in [-0.25, -0.2) is 8.42 Å². The van der Waals surface area contributed by atoms with Crippen LogP contribution in [-0.4, -0.2) is 37.5 Å². The van der Waals surface area contributed by atoms with E-state index in [1.54, 1.807) is 20.8 Å². The zero-order chi connectivity index (χ0) is 12.3. The molecule has 0 aliphatic rings. The summed E-state index contributed by atoms with van der Waals surface area (Å²) in [6.07, 6.45) is 0. The van der Waals surface area contributed by atoms with Crippen LogP contribution in [0.3, 0.4) is 0 Å². The second-order valence-corrected chi connectivity index (χ2v) is 5.31. The van der Waals surface area contributed by atoms with Crippen LogP contribution in [0.25, 0.3) is 0 Å². The maximum Gasteiger partial charge on any atom is 0.248 e. The molecule has 6 nitrogen and oxygen atoms in total. The van der Waals surface area contributed by atoms with Crippen molar-refractivity contribution in [3.05, 3.63) is 11.5 Å². The van der Waals surface area contributed by atoms with E-state index < -0.39 is 10.0 Å². The van der Waals surface area contributed by atoms with Gasteiger partial charge in [-0.1, -0.05) is 12.1 Å². The third-order valence-electron chi connectivity index (χ3n) is 2.30. The predicted molar refractivity (Wildman–Crippen MR) is 59.5 cm³/mol. The van der Waals surface area contributed by atoms with E-state index in [0.29, 0.717) is 24.5 Å². The number of aromatic nitrogens is 1. The van der Waals surface area contributed by atoms with Crippen LogP contribution in [-0.2, 0) is 10.0 Å². The maximum atomic E-state index is 12.2. The van der Waals surface area contributed by atoms with Crippen LogP contribution in [0, 0.1) is 13.8 Å². The van der Waals surface area contributed by atoms with Crippen molar-refractivity contribution in [2.45, 2.75) is 25.7 Å². The summed E-state index contributed by atoms with van der Waals surface area (Å²) in [7, 11) is -3.53. The van der Waals surface area contributed by atoms with E-state index >= 15 is 0 Å². The van der Waals surface area contributed by atoms with Crippen LogP contribution in [0.1, 0.15) is 18.4 Å². The number of likely N-dealkylation sites (N-methyl/N-ethyl adjacent to an activating group) is 1. The lowest BCUT2D eigenvalue weighted by molar-refractivity contribution is 0.389. The predicted octanol–water partition coefficient (Wildman–Crippen LogP) is 0.261. The highest BCUT2D eigenvalue weighted by Crippen LogP contribution is 2.22. The van der Waals surface area contributed by atoms with E-state index in [4.69, 9.17) is 10.3 Å². The average Bonchev–Trinajstić information content (AvgIpc) is 2.55. The molecule has 0 aliphatic carbocycles. The van der Waals surface area contributed by atoms with Crippen molar-refractivity contribution in [3.8, 4) is 0 Å². The largest absolute Gasteiger partial charge is 0.360 e. The van der Waals surface area contributed by atoms with Crippen molar-refractivity contribution in [3.63, 3.8) is 0 Å². The molecule has 7 heteroatoms. The molecule has 1 rings (SSSR count). The number of hydrogen-bond donors (Lipinski definition) is 1. The molecule has 2 N–H and O–H groups in total. The van der Waals surface area contributed by atoms with E-state index in [2.05, 4.69) is 5.16 Å². The molecule has 0 fully saturated rings. The highest BCUT2D eigenvalue weighted by molar-refractivity contribution is 7.89. The number of rotatable bonds is 5. The summed E-state index contributed by atoms with van der Waals surface area (Å²) < 4.78 is 30.6. The maximum absolute atomic E-state index is 12.2. The summed E-state index contributed by atoms with van der Waals surface area (Å²) in [5, 5.41) is 3.65. The van der Waals surface area contributed by atoms with E-state index in [9.17, 15) is 8.42 Å². The minimum absolute atomic E-state index is 0.155. The number of aryl methyl sites for hydroxylation is 2. The van der Waals surface area contributed by atoms with Crippen LogP contribution < -0.4 is 5.73 Å². The van der Waals surface area contributed by atoms with Crippen molar-refractivity contribution < 1.29 is 12.9 Å². The van der Waals surface area contributed by atoms with Crippen LogP contribution in [0.4, 0.5) is 0 Å². The highest BCUT2D eigenvalue weighted by atomic mass is 32.2. The Hall–Kier alpha value is -0.920. The molecule has 92 valence electrons. The van der Waals surface area contributed by atoms with Crippen LogP contribution in [0.15, 0.2) is 9.42 Å². The van der Waals surface area contributed by atoms with Crippen molar-refractivity contribution in [2.75, 3.05) is 19.6 Å². The third-order valence-corrected chi connectivity index (χ3v) is 4.52. The van der Waals surface area contributed by atoms with Gasteiger partial charge in [0, 0.05) is 19.6 Å². The lowest BCUT2D eigenvalue weighted by Crippen LogP contribution is -2.35. The van der Waals surface area contributed by atoms with Gasteiger partial charge < -0.3 is 10.3 Å². The molecule has 1 aromatic heterocycles. The first kappa shape index (κ1) is 13.1. The fourth-order valence-electron chi connectivity index (χ4n) is 1.56. The number of hydrogen-bond acceptors (Lipinski definition) is 5. The Kier molecular flexibility index (Phi) is 4.06. The molecule has 0 aromatic carbocycles. The summed E-state index contributed by atoms with van der Waals surface area (Å²) >= 11 is 0. The molecule has 0 unspecified atom stereocenters. The standard InChI is InChI=1S/C9H17N3O3S/c1-4-12(6-5-10)16(13,14)9-7(2)11-15-8(9)3/h4-6,10H2,1-3H3. The molecule has 0 saturated heterocycles. The Morgan fingerprint density at radius 2 is 2.06 bits per heavy atom. The first-order valence-corrected chi connectivity index (χ1v) is 6.52. The first-order valence-electron chi connectivity index (χ1n) is 5.08. The first-order chi connectivity index (χ1) is 7.45. The second-order valence-electron chi connectivity index (χ2n) is 3.44. The molecule has 0 amide bonds. The second kappa shape index (κ2) is 4.94. The molecular formula is C9H17N3O3S. The van der Waals surface area contributed by atoms with Gasteiger partial charge in [-0.3, -0.25) is 0 Å². The van der Waals surface area contributed by atoms with Crippen molar-refractivity contribution in [1.29, 1.82) is 0 Å². The summed E-state index contributed by atoms with van der Waals surface area (Å²) in [4.78, 5) is 0.155. The van der Waals surface area contributed by atoms with Crippen LogP contribution >= 0.6 is 0 Å². The lowest BCUT2D eigenvalue weighted by Gasteiger charge is -2.19. The summed E-state index contributed by atoms with van der Waals surface area (Å²) in [5.74, 6) is 0.313. The Labute approximate surface area is 95.4 Å². The van der Waals surface area contributed by atoms with Gasteiger partial charge in [0.15, 0.2) is 5.76 Å². The average molecular weight is 247 g/mol. The minimum Gasteiger partial charge on any atom is -0.360 e. The van der Waals surface area contributed by atoms with Gasteiger partial charge in [-0.15, -0.1) is 0 Å². The summed E-state index contributed by atoms with van der Waals surface area (Å²) in [6.45, 7) is 5.93. The van der Waals surface area contributed by atoms with Gasteiger partial charge in [0.1, 0.15) is 10.6 Å². The van der Waals surface area contributed by atoms with Crippen molar-refractivity contribution in [1.82, 2.24) is 9.46 Å². The lowest BCUT2D eigenvalue weighted by atomic mass is 10.4. The zero-order valence-electron chi connectivity index (χ0n) is 9.73. The van der Waals surface area contributed by atoms with Crippen LogP contribution in [0.2, 0.25) is 0 Å². The van der Waals surface area contributed by atoms with E-state index in [1.807, 2.05) is 0 Å². The van der Waals surface area contributed by atoms with E-state index in [1.165, 1.54) is 4.31 Å². The Morgan fingerprint density at radius 3 is 2.44 bits per heavy atom. The minimum atomic E-state index is -3.53. The van der Waals surface area contributed by atoms with Gasteiger partial charge in [-0.05, 0) is 13.8 Å². The van der Waals surface area contributed by atoms with Gasteiger partial charge in [0.05, 0.1) is 0 Å². The molecule has 0 saturated carbocycles. The molecule has 16 heavy (non-hydrogen) atoms. The number of sulfonamides is 1. The number of nitrogens with zero attached hydrogens (tertiary/aromatic N) is 2. The Morgan fingerprint density at radius 1 is 1.44 bits per heavy atom. The van der Waals surface area contributed by atoms with E-state index in [-0.39, 0.29) is 11.4 Å². The van der Waals surface area contributed by atoms with Gasteiger partial charge in [0.2, 0.25) is 10.0 Å². The van der Waals surface area contributed by atoms with Crippen LogP contribution in [0.5, 0.6) is 0 Å². The SMILES string of the molecule is CCN(CCN)S(=O)(=O)c1c(C)noc1C. The molecule has 0 aliphatic heterocycles. The molecule has 0 atom stereocenters. The molecule has 0 bridgehead atoms. The third kappa shape index (κ3) is 2.26. The quantitative estimate of drug-likeness (QED) is 0.806. The Bertz CT molecular complexity index is 433. The molecule has 1 aromatic rings. The van der Waals surface area contributed by atoms with Crippen molar-refractivity contribution in [2.24, 2.45) is 5.73 Å². The topological polar surface area (TPSA) is 89.4 Å². The molecule has 0 radical (unpaired) electrons. The van der Waals surface area contributed by atoms with Crippen molar-refractivity contribution >= 4 is 10.0 Å². The fourth-order valence-corrected chi connectivity index (χ4v) is 3.32. The summed E-state index contributed by atoms with van der Waals surface area (Å²) in [5.41, 5.74) is 5.77. The molecule has 1 heterocycles. The normalized spacial score (nSPS) is 12.3. The van der Waals surface area contributed by atoms with Gasteiger partial charge in [-0.2, -0.15) is 4.31 Å². The zero-order valence-corrected chi connectivity index (χ0v) is 10.5. The highest BCUT2D eigenvalue weighted by Gasteiger charge is 2.29. The van der Waals surface area contributed by atoms with Gasteiger partial charge >= 0.3 is 0 Å².